The molecule has 3 aliphatic heterocycles. The number of nitrogens with one attached hydrogen (secondary N) is 2. The van der Waals surface area contributed by atoms with Crippen LogP contribution in [0.3, 0.4) is 0 Å². The highest BCUT2D eigenvalue weighted by Crippen LogP contribution is 2.53. The number of thioether (sulfide) groups is 1. The molecule has 2 aromatic carbocycles. The fourth-order valence-electron chi connectivity index (χ4n) is 10.0. The number of esters is 1. The van der Waals surface area contributed by atoms with Crippen molar-refractivity contribution in [1.82, 2.24) is 30.3 Å². The van der Waals surface area contributed by atoms with E-state index in [1.54, 1.807) is 18.9 Å². The number of amides is 2. The van der Waals surface area contributed by atoms with Gasteiger partial charge in [-0.05, 0) is 93.5 Å². The van der Waals surface area contributed by atoms with Gasteiger partial charge in [-0.15, -0.1) is 11.8 Å². The highest BCUT2D eigenvalue weighted by molar-refractivity contribution is 8.14. The number of hydrogen-bond donors (Lipinski definition) is 2. The van der Waals surface area contributed by atoms with Gasteiger partial charge in [0.1, 0.15) is 23.2 Å². The molecule has 64 heavy (non-hydrogen) atoms. The van der Waals surface area contributed by atoms with Gasteiger partial charge in [0.15, 0.2) is 0 Å². The lowest BCUT2D eigenvalue weighted by atomic mass is 9.84. The molecule has 3 aromatic heterocycles. The number of cyclic esters (lactones) is 1. The SMILES string of the molecule is CCO[C@@H]1C2=NC(CS2)c2ccc3c(c2)c(c(-c2cccnc2[C@H](C)OC)n3CC)CC(C)(C)COC(=O)[C@@H]2CCCN(N2)C(=O)[C@H]1NC(=O)[C@H]1[C@H](C)[C@@H]1c1ccc2ccccc2n1. The standard InChI is InChI=1S/C50H59N7O6S/c1-8-56-39-21-19-31-24-33(39)34(44(56)32-15-12-22-51-42(32)29(4)61-7)25-50(5,6)27-63-49(60)37-17-13-23-57(55-37)48(59)43(45(62-9-2)47-53-38(31)26-64-47)54-46(58)41-28(3)40(41)36-20-18-30-14-10-11-16-35(30)52-36/h10-12,14-16,18-22,24,28-29,37-38,40-41,43,45,55H,8-9,13,17,23,25-27H2,1-7H3,(H,54,58)/t28-,29+,37+,38?,40-,41+,43+,45+/m1/s1. The minimum atomic E-state index is -1.12. The van der Waals surface area contributed by atoms with E-state index >= 15 is 0 Å². The summed E-state index contributed by atoms with van der Waals surface area (Å²) in [5.41, 5.74) is 10.7. The van der Waals surface area contributed by atoms with Crippen molar-refractivity contribution in [3.63, 3.8) is 0 Å². The van der Waals surface area contributed by atoms with Crippen LogP contribution in [0.15, 0.2) is 77.9 Å². The number of aromatic nitrogens is 3. The Kier molecular flexibility index (Phi) is 12.4. The largest absolute Gasteiger partial charge is 0.464 e. The molecule has 14 heteroatoms. The molecule has 5 aromatic rings. The molecule has 2 fully saturated rings. The maximum absolute atomic E-state index is 14.9. The van der Waals surface area contributed by atoms with Gasteiger partial charge in [-0.3, -0.25) is 34.4 Å². The number of benzene rings is 2. The molecule has 2 N–H and O–H groups in total. The highest BCUT2D eigenvalue weighted by atomic mass is 32.2. The van der Waals surface area contributed by atoms with Crippen LogP contribution in [0, 0.1) is 17.3 Å². The van der Waals surface area contributed by atoms with Crippen LogP contribution < -0.4 is 10.7 Å². The summed E-state index contributed by atoms with van der Waals surface area (Å²) in [5.74, 6) is -0.872. The highest BCUT2D eigenvalue weighted by Gasteiger charge is 2.55. The molecule has 2 amide bonds. The average Bonchev–Trinajstić information content (AvgIpc) is 3.59. The summed E-state index contributed by atoms with van der Waals surface area (Å²) < 4.78 is 20.8. The van der Waals surface area contributed by atoms with Crippen LogP contribution in [0.4, 0.5) is 0 Å². The second kappa shape index (κ2) is 18.0. The van der Waals surface area contributed by atoms with Gasteiger partial charge in [0, 0.05) is 83.6 Å². The number of fused-ring (bicyclic) bond motifs is 6. The molecule has 0 radical (unpaired) electrons. The van der Waals surface area contributed by atoms with Gasteiger partial charge in [-0.25, -0.2) is 5.43 Å². The number of methoxy groups -OCH3 is 1. The maximum Gasteiger partial charge on any atom is 0.324 e. The number of aliphatic imine (C=N–C) groups is 1. The third-order valence-electron chi connectivity index (χ3n) is 13.5. The number of para-hydroxylation sites is 1. The first kappa shape index (κ1) is 44.1. The van der Waals surface area contributed by atoms with Crippen LogP contribution >= 0.6 is 11.8 Å². The van der Waals surface area contributed by atoms with Gasteiger partial charge < -0.3 is 24.1 Å². The van der Waals surface area contributed by atoms with Crippen LogP contribution in [0.5, 0.6) is 0 Å². The predicted molar refractivity (Wildman–Crippen MR) is 250 cm³/mol. The Morgan fingerprint density at radius 1 is 1.09 bits per heavy atom. The number of ether oxygens (including phenoxy) is 3. The molecular weight excluding hydrogens is 827 g/mol. The van der Waals surface area contributed by atoms with Gasteiger partial charge in [0.25, 0.3) is 5.91 Å². The molecule has 1 unspecified atom stereocenters. The van der Waals surface area contributed by atoms with E-state index < -0.39 is 29.6 Å². The van der Waals surface area contributed by atoms with Crippen LogP contribution in [0.1, 0.15) is 95.0 Å². The van der Waals surface area contributed by atoms with Gasteiger partial charge in [0.2, 0.25) is 5.91 Å². The number of hydrazine groups is 1. The quantitative estimate of drug-likeness (QED) is 0.141. The lowest BCUT2D eigenvalue weighted by Crippen LogP contribution is -2.63. The van der Waals surface area contributed by atoms with Crippen LogP contribution in [0.25, 0.3) is 33.1 Å². The fourth-order valence-corrected chi connectivity index (χ4v) is 11.2. The molecule has 336 valence electrons. The van der Waals surface area contributed by atoms with E-state index in [-0.39, 0.29) is 54.9 Å². The summed E-state index contributed by atoms with van der Waals surface area (Å²) in [7, 11) is 1.70. The topological polar surface area (TPSA) is 149 Å². The van der Waals surface area contributed by atoms with E-state index in [2.05, 4.69) is 67.3 Å². The lowest BCUT2D eigenvalue weighted by molar-refractivity contribution is -0.156. The Morgan fingerprint density at radius 2 is 1.92 bits per heavy atom. The second-order valence-corrected chi connectivity index (χ2v) is 19.5. The Morgan fingerprint density at radius 3 is 2.72 bits per heavy atom. The van der Waals surface area contributed by atoms with Crippen molar-refractivity contribution in [2.75, 3.05) is 32.6 Å². The Bertz CT molecular complexity index is 2630. The molecule has 6 heterocycles. The van der Waals surface area contributed by atoms with Gasteiger partial charge in [0.05, 0.1) is 35.7 Å². The number of carbonyl (C=O) groups is 3. The molecule has 13 nitrogen and oxygen atoms in total. The van der Waals surface area contributed by atoms with Crippen molar-refractivity contribution < 1.29 is 28.6 Å². The first-order chi connectivity index (χ1) is 30.9. The van der Waals surface area contributed by atoms with Gasteiger partial charge >= 0.3 is 5.97 Å². The van der Waals surface area contributed by atoms with Crippen molar-refractivity contribution in [2.24, 2.45) is 22.2 Å². The van der Waals surface area contributed by atoms with Crippen LogP contribution in [-0.2, 0) is 41.6 Å². The zero-order valence-corrected chi connectivity index (χ0v) is 38.6. The summed E-state index contributed by atoms with van der Waals surface area (Å²) in [6.45, 7) is 13.9. The molecule has 6 bridgehead atoms. The zero-order chi connectivity index (χ0) is 44.9. The Hall–Kier alpha value is -5.15. The first-order valence-electron chi connectivity index (χ1n) is 22.8. The number of pyridine rings is 2. The van der Waals surface area contributed by atoms with Crippen LogP contribution in [0.2, 0.25) is 0 Å². The summed E-state index contributed by atoms with van der Waals surface area (Å²) in [6.07, 6.45) is 2.38. The molecule has 4 aliphatic rings. The summed E-state index contributed by atoms with van der Waals surface area (Å²) in [5, 5.41) is 7.44. The summed E-state index contributed by atoms with van der Waals surface area (Å²) in [4.78, 5) is 58.4. The van der Waals surface area contributed by atoms with Crippen LogP contribution in [-0.4, -0.2) is 93.2 Å². The van der Waals surface area contributed by atoms with Crippen molar-refractivity contribution in [1.29, 1.82) is 0 Å². The van der Waals surface area contributed by atoms with E-state index in [1.807, 2.05) is 62.5 Å². The third-order valence-corrected chi connectivity index (χ3v) is 14.6. The van der Waals surface area contributed by atoms with Gasteiger partial charge in [-0.2, -0.15) is 0 Å². The number of nitrogens with zero attached hydrogens (tertiary/aromatic N) is 5. The minimum absolute atomic E-state index is 0.0172. The predicted octanol–water partition coefficient (Wildman–Crippen LogP) is 7.73. The molecule has 1 saturated carbocycles. The number of aryl methyl sites for hydroxylation is 1. The molecule has 0 spiro atoms. The van der Waals surface area contributed by atoms with Gasteiger partial charge in [-0.1, -0.05) is 51.1 Å². The minimum Gasteiger partial charge on any atom is -0.464 e. The maximum atomic E-state index is 14.9. The molecule has 1 aliphatic carbocycles. The third kappa shape index (κ3) is 8.34. The van der Waals surface area contributed by atoms with E-state index in [0.29, 0.717) is 36.6 Å². The fraction of sp³-hybridized carbons (Fsp3) is 0.480. The number of rotatable bonds is 9. The van der Waals surface area contributed by atoms with Crippen molar-refractivity contribution in [3.05, 3.63) is 95.4 Å². The van der Waals surface area contributed by atoms with E-state index in [1.165, 1.54) is 5.01 Å². The van der Waals surface area contributed by atoms with Crippen molar-refractivity contribution >= 4 is 56.4 Å². The molecule has 9 rings (SSSR count). The average molecular weight is 886 g/mol. The summed E-state index contributed by atoms with van der Waals surface area (Å²) in [6, 6.07) is 20.6. The monoisotopic (exact) mass is 885 g/mol. The Balaban J connectivity index is 1.12. The number of hydrogen-bond acceptors (Lipinski definition) is 11. The molecular formula is C50H59N7O6S. The van der Waals surface area contributed by atoms with E-state index in [0.717, 1.165) is 62.1 Å². The number of carbonyl (C=O) groups excluding carboxylic acids is 3. The van der Waals surface area contributed by atoms with Crippen molar-refractivity contribution in [3.8, 4) is 11.3 Å². The van der Waals surface area contributed by atoms with E-state index in [4.69, 9.17) is 29.2 Å². The van der Waals surface area contributed by atoms with E-state index in [9.17, 15) is 14.4 Å². The summed E-state index contributed by atoms with van der Waals surface area (Å²) >= 11 is 1.56. The second-order valence-electron chi connectivity index (χ2n) is 18.4. The zero-order valence-electron chi connectivity index (χ0n) is 37.8. The normalized spacial score (nSPS) is 26.3. The van der Waals surface area contributed by atoms with Crippen molar-refractivity contribution in [2.45, 2.75) is 104 Å². The molecule has 1 saturated heterocycles. The lowest BCUT2D eigenvalue weighted by Gasteiger charge is -2.37. The Labute approximate surface area is 379 Å². The smallest absolute Gasteiger partial charge is 0.324 e. The first-order valence-corrected chi connectivity index (χ1v) is 23.7. The molecule has 8 atom stereocenters.